The summed E-state index contributed by atoms with van der Waals surface area (Å²) in [4.78, 5) is 0. The van der Waals surface area contributed by atoms with Gasteiger partial charge in [-0.1, -0.05) is 38.3 Å². The van der Waals surface area contributed by atoms with E-state index < -0.39 is 12.2 Å². The Hall–Kier alpha value is -0.380. The molecule has 0 heterocycles. The van der Waals surface area contributed by atoms with E-state index in [2.05, 4.69) is 19.1 Å². The predicted molar refractivity (Wildman–Crippen MR) is 68.6 cm³/mol. The lowest BCUT2D eigenvalue weighted by atomic mass is 9.95. The van der Waals surface area contributed by atoms with Gasteiger partial charge < -0.3 is 15.3 Å². The Balaban J connectivity index is 2.28. The van der Waals surface area contributed by atoms with Crippen molar-refractivity contribution in [2.75, 3.05) is 6.61 Å². The Bertz CT molecular complexity index is 228. The minimum Gasteiger partial charge on any atom is -0.396 e. The van der Waals surface area contributed by atoms with Crippen molar-refractivity contribution in [1.82, 2.24) is 0 Å². The van der Waals surface area contributed by atoms with Gasteiger partial charge in [-0.2, -0.15) is 0 Å². The van der Waals surface area contributed by atoms with Gasteiger partial charge in [0.25, 0.3) is 0 Å². The number of hydrogen-bond acceptors (Lipinski definition) is 3. The standard InChI is InChI=1S/C14H26O3/c1-2-3-4-5-6-7-8-11-9-13(16)14(17)12(11)10-15/h7-8,11-17H,2-6,9-10H2,1H3. The Kier molecular flexibility index (Phi) is 6.78. The lowest BCUT2D eigenvalue weighted by Crippen LogP contribution is -2.28. The number of allylic oxidation sites excluding steroid dienone is 2. The zero-order chi connectivity index (χ0) is 12.7. The first-order valence-corrected chi connectivity index (χ1v) is 6.84. The highest BCUT2D eigenvalue weighted by Gasteiger charge is 2.39. The van der Waals surface area contributed by atoms with Gasteiger partial charge in [0.2, 0.25) is 0 Å². The first kappa shape index (κ1) is 14.7. The first-order valence-electron chi connectivity index (χ1n) is 6.84. The highest BCUT2D eigenvalue weighted by Crippen LogP contribution is 2.33. The van der Waals surface area contributed by atoms with Crippen LogP contribution in [0.15, 0.2) is 12.2 Å². The highest BCUT2D eigenvalue weighted by molar-refractivity contribution is 5.01. The molecule has 1 rings (SSSR count). The van der Waals surface area contributed by atoms with Crippen molar-refractivity contribution in [3.63, 3.8) is 0 Å². The Morgan fingerprint density at radius 2 is 1.94 bits per heavy atom. The van der Waals surface area contributed by atoms with Crippen LogP contribution in [-0.4, -0.2) is 34.1 Å². The van der Waals surface area contributed by atoms with Crippen LogP contribution in [-0.2, 0) is 0 Å². The lowest BCUT2D eigenvalue weighted by molar-refractivity contribution is 0.00483. The van der Waals surface area contributed by atoms with E-state index in [0.29, 0.717) is 6.42 Å². The van der Waals surface area contributed by atoms with Crippen LogP contribution >= 0.6 is 0 Å². The van der Waals surface area contributed by atoms with E-state index in [9.17, 15) is 15.3 Å². The fourth-order valence-electron chi connectivity index (χ4n) is 2.56. The van der Waals surface area contributed by atoms with Gasteiger partial charge in [0, 0.05) is 12.5 Å². The van der Waals surface area contributed by atoms with Crippen LogP contribution in [0, 0.1) is 11.8 Å². The summed E-state index contributed by atoms with van der Waals surface area (Å²) in [5, 5.41) is 28.4. The fourth-order valence-corrected chi connectivity index (χ4v) is 2.56. The van der Waals surface area contributed by atoms with Gasteiger partial charge in [-0.3, -0.25) is 0 Å². The minimum absolute atomic E-state index is 0.0525. The number of aliphatic hydroxyl groups is 3. The summed E-state index contributed by atoms with van der Waals surface area (Å²) >= 11 is 0. The lowest BCUT2D eigenvalue weighted by Gasteiger charge is -2.16. The van der Waals surface area contributed by atoms with Gasteiger partial charge in [-0.05, 0) is 25.2 Å². The van der Waals surface area contributed by atoms with E-state index in [-0.39, 0.29) is 18.4 Å². The highest BCUT2D eigenvalue weighted by atomic mass is 16.3. The maximum absolute atomic E-state index is 9.66. The Morgan fingerprint density at radius 3 is 2.59 bits per heavy atom. The summed E-state index contributed by atoms with van der Waals surface area (Å²) in [5.74, 6) is -0.0759. The molecule has 3 nitrogen and oxygen atoms in total. The molecule has 0 bridgehead atoms. The Labute approximate surface area is 104 Å². The van der Waals surface area contributed by atoms with Gasteiger partial charge >= 0.3 is 0 Å². The smallest absolute Gasteiger partial charge is 0.0854 e. The molecule has 0 radical (unpaired) electrons. The summed E-state index contributed by atoms with van der Waals surface area (Å²) in [7, 11) is 0. The molecule has 1 aliphatic carbocycles. The quantitative estimate of drug-likeness (QED) is 0.472. The predicted octanol–water partition coefficient (Wildman–Crippen LogP) is 1.86. The van der Waals surface area contributed by atoms with Crippen molar-refractivity contribution >= 4 is 0 Å². The molecule has 0 aliphatic heterocycles. The van der Waals surface area contributed by atoms with Crippen molar-refractivity contribution in [2.24, 2.45) is 11.8 Å². The molecule has 1 fully saturated rings. The van der Waals surface area contributed by atoms with Crippen LogP contribution in [0.5, 0.6) is 0 Å². The molecule has 0 aromatic heterocycles. The molecule has 0 aromatic carbocycles. The van der Waals surface area contributed by atoms with Crippen molar-refractivity contribution in [2.45, 2.75) is 57.7 Å². The van der Waals surface area contributed by atoms with Crippen LogP contribution in [0.3, 0.4) is 0 Å². The third-order valence-corrected chi connectivity index (χ3v) is 3.71. The molecule has 100 valence electrons. The van der Waals surface area contributed by atoms with Crippen molar-refractivity contribution in [3.8, 4) is 0 Å². The van der Waals surface area contributed by atoms with Gasteiger partial charge in [0.05, 0.1) is 12.2 Å². The van der Waals surface area contributed by atoms with Crippen molar-refractivity contribution in [1.29, 1.82) is 0 Å². The van der Waals surface area contributed by atoms with Crippen LogP contribution in [0.1, 0.15) is 45.4 Å². The minimum atomic E-state index is -0.769. The van der Waals surface area contributed by atoms with Gasteiger partial charge in [-0.25, -0.2) is 0 Å². The summed E-state index contributed by atoms with van der Waals surface area (Å²) in [5.41, 5.74) is 0. The molecule has 0 saturated heterocycles. The molecule has 3 heteroatoms. The van der Waals surface area contributed by atoms with E-state index in [0.717, 1.165) is 6.42 Å². The fraction of sp³-hybridized carbons (Fsp3) is 0.857. The second-order valence-corrected chi connectivity index (χ2v) is 5.08. The van der Waals surface area contributed by atoms with Crippen LogP contribution in [0.4, 0.5) is 0 Å². The average Bonchev–Trinajstić information content (AvgIpc) is 2.59. The zero-order valence-electron chi connectivity index (χ0n) is 10.8. The summed E-state index contributed by atoms with van der Waals surface area (Å²) < 4.78 is 0. The van der Waals surface area contributed by atoms with Gasteiger partial charge in [-0.15, -0.1) is 0 Å². The molecule has 0 amide bonds. The molecule has 0 spiro atoms. The molecule has 4 atom stereocenters. The maximum Gasteiger partial charge on any atom is 0.0854 e. The first-order chi connectivity index (χ1) is 8.20. The average molecular weight is 242 g/mol. The van der Waals surface area contributed by atoms with E-state index >= 15 is 0 Å². The largest absolute Gasteiger partial charge is 0.396 e. The van der Waals surface area contributed by atoms with Gasteiger partial charge in [0.15, 0.2) is 0 Å². The molecule has 4 unspecified atom stereocenters. The second kappa shape index (κ2) is 7.85. The SMILES string of the molecule is CCCCCCC=CC1CC(O)C(O)C1CO. The topological polar surface area (TPSA) is 60.7 Å². The maximum atomic E-state index is 9.66. The molecular formula is C14H26O3. The number of hydrogen-bond donors (Lipinski definition) is 3. The third kappa shape index (κ3) is 4.41. The summed E-state index contributed by atoms with van der Waals surface area (Å²) in [6, 6.07) is 0. The number of aliphatic hydroxyl groups excluding tert-OH is 3. The van der Waals surface area contributed by atoms with Crippen LogP contribution in [0.2, 0.25) is 0 Å². The zero-order valence-corrected chi connectivity index (χ0v) is 10.8. The molecule has 1 saturated carbocycles. The number of unbranched alkanes of at least 4 members (excludes halogenated alkanes) is 4. The van der Waals surface area contributed by atoms with E-state index in [4.69, 9.17) is 0 Å². The Morgan fingerprint density at radius 1 is 1.18 bits per heavy atom. The van der Waals surface area contributed by atoms with Crippen molar-refractivity contribution in [3.05, 3.63) is 12.2 Å². The van der Waals surface area contributed by atoms with E-state index in [1.54, 1.807) is 0 Å². The second-order valence-electron chi connectivity index (χ2n) is 5.08. The monoisotopic (exact) mass is 242 g/mol. The van der Waals surface area contributed by atoms with E-state index in [1.165, 1.54) is 25.7 Å². The van der Waals surface area contributed by atoms with E-state index in [1.807, 2.05) is 0 Å². The number of rotatable bonds is 7. The molecular weight excluding hydrogens is 216 g/mol. The molecule has 3 N–H and O–H groups in total. The van der Waals surface area contributed by atoms with Gasteiger partial charge in [0.1, 0.15) is 0 Å². The third-order valence-electron chi connectivity index (χ3n) is 3.71. The summed E-state index contributed by atoms with van der Waals surface area (Å²) in [6.45, 7) is 2.14. The molecule has 0 aromatic rings. The van der Waals surface area contributed by atoms with Crippen molar-refractivity contribution < 1.29 is 15.3 Å². The molecule has 1 aliphatic rings. The van der Waals surface area contributed by atoms with Crippen LogP contribution in [0.25, 0.3) is 0 Å². The summed E-state index contributed by atoms with van der Waals surface area (Å²) in [6.07, 6.45) is 9.37. The van der Waals surface area contributed by atoms with Crippen LogP contribution < -0.4 is 0 Å². The normalized spacial score (nSPS) is 33.6. The molecule has 17 heavy (non-hydrogen) atoms.